The SMILES string of the molecule is CC1Oc2c(C(=O)N[C@@H](C(=O)O)C(C)C)cccc2C1C. The number of rotatable bonds is 4. The van der Waals surface area contributed by atoms with Gasteiger partial charge in [0.05, 0.1) is 5.56 Å². The monoisotopic (exact) mass is 291 g/mol. The zero-order chi connectivity index (χ0) is 15.7. The molecule has 21 heavy (non-hydrogen) atoms. The Morgan fingerprint density at radius 3 is 2.52 bits per heavy atom. The minimum atomic E-state index is -1.03. The second kappa shape index (κ2) is 5.76. The van der Waals surface area contributed by atoms with Crippen LogP contribution in [0.1, 0.15) is 49.5 Å². The van der Waals surface area contributed by atoms with Gasteiger partial charge in [0.1, 0.15) is 17.9 Å². The molecule has 2 rings (SSSR count). The van der Waals surface area contributed by atoms with E-state index in [2.05, 4.69) is 5.32 Å². The van der Waals surface area contributed by atoms with Crippen molar-refractivity contribution in [2.75, 3.05) is 0 Å². The largest absolute Gasteiger partial charge is 0.489 e. The maximum Gasteiger partial charge on any atom is 0.326 e. The van der Waals surface area contributed by atoms with Crippen molar-refractivity contribution in [3.8, 4) is 5.75 Å². The van der Waals surface area contributed by atoms with Crippen molar-refractivity contribution < 1.29 is 19.4 Å². The highest BCUT2D eigenvalue weighted by Gasteiger charge is 2.32. The predicted molar refractivity (Wildman–Crippen MR) is 78.7 cm³/mol. The molecule has 2 unspecified atom stereocenters. The standard InChI is InChI=1S/C16H21NO4/c1-8(2)13(16(19)20)17-15(18)12-7-5-6-11-9(3)10(4)21-14(11)12/h5-10,13H,1-4H3,(H,17,18)(H,19,20)/t9?,10?,13-/m1/s1. The number of fused-ring (bicyclic) bond motifs is 1. The molecule has 0 spiro atoms. The molecule has 0 radical (unpaired) electrons. The Kier molecular flexibility index (Phi) is 4.21. The topological polar surface area (TPSA) is 75.6 Å². The molecular formula is C16H21NO4. The molecule has 0 aliphatic carbocycles. The summed E-state index contributed by atoms with van der Waals surface area (Å²) >= 11 is 0. The summed E-state index contributed by atoms with van der Waals surface area (Å²) in [4.78, 5) is 23.6. The minimum absolute atomic E-state index is 0.00863. The van der Waals surface area contributed by atoms with Crippen LogP contribution in [0.3, 0.4) is 0 Å². The maximum atomic E-state index is 12.4. The van der Waals surface area contributed by atoms with E-state index in [1.54, 1.807) is 26.0 Å². The van der Waals surface area contributed by atoms with Crippen LogP contribution >= 0.6 is 0 Å². The number of carboxylic acids is 1. The molecule has 0 saturated carbocycles. The smallest absolute Gasteiger partial charge is 0.326 e. The number of nitrogens with one attached hydrogen (secondary N) is 1. The molecule has 114 valence electrons. The fourth-order valence-electron chi connectivity index (χ4n) is 2.50. The summed E-state index contributed by atoms with van der Waals surface area (Å²) < 4.78 is 5.77. The number of carboxylic acid groups (broad SMARTS) is 1. The van der Waals surface area contributed by atoms with Crippen LogP contribution in [0.2, 0.25) is 0 Å². The Hall–Kier alpha value is -2.04. The Labute approximate surface area is 124 Å². The molecule has 1 aliphatic rings. The molecule has 0 saturated heterocycles. The van der Waals surface area contributed by atoms with Gasteiger partial charge in [0.15, 0.2) is 0 Å². The third-order valence-corrected chi connectivity index (χ3v) is 4.01. The van der Waals surface area contributed by atoms with Crippen LogP contribution < -0.4 is 10.1 Å². The average Bonchev–Trinajstić information content (AvgIpc) is 2.70. The van der Waals surface area contributed by atoms with E-state index in [0.29, 0.717) is 11.3 Å². The van der Waals surface area contributed by atoms with Crippen molar-refractivity contribution >= 4 is 11.9 Å². The van der Waals surface area contributed by atoms with Crippen molar-refractivity contribution in [3.63, 3.8) is 0 Å². The Morgan fingerprint density at radius 1 is 1.29 bits per heavy atom. The summed E-state index contributed by atoms with van der Waals surface area (Å²) in [6.45, 7) is 7.52. The van der Waals surface area contributed by atoms with Crippen molar-refractivity contribution in [2.24, 2.45) is 5.92 Å². The van der Waals surface area contributed by atoms with Crippen LogP contribution in [-0.4, -0.2) is 29.1 Å². The summed E-state index contributed by atoms with van der Waals surface area (Å²) in [5.74, 6) is -0.846. The second-order valence-electron chi connectivity index (χ2n) is 5.87. The lowest BCUT2D eigenvalue weighted by molar-refractivity contribution is -0.140. The molecule has 5 heteroatoms. The zero-order valence-corrected chi connectivity index (χ0v) is 12.7. The molecule has 0 bridgehead atoms. The number of amides is 1. The van der Waals surface area contributed by atoms with Crippen LogP contribution in [0.15, 0.2) is 18.2 Å². The van der Waals surface area contributed by atoms with Crippen molar-refractivity contribution in [3.05, 3.63) is 29.3 Å². The van der Waals surface area contributed by atoms with E-state index in [0.717, 1.165) is 5.56 Å². The van der Waals surface area contributed by atoms with Crippen molar-refractivity contribution in [2.45, 2.75) is 45.8 Å². The van der Waals surface area contributed by atoms with Crippen molar-refractivity contribution in [1.82, 2.24) is 5.32 Å². The van der Waals surface area contributed by atoms with Gasteiger partial charge in [-0.05, 0) is 18.9 Å². The van der Waals surface area contributed by atoms with Gasteiger partial charge in [-0.15, -0.1) is 0 Å². The number of ether oxygens (including phenoxy) is 1. The fourth-order valence-corrected chi connectivity index (χ4v) is 2.50. The van der Waals surface area contributed by atoms with Crippen LogP contribution in [0.25, 0.3) is 0 Å². The summed E-state index contributed by atoms with van der Waals surface area (Å²) in [5.41, 5.74) is 1.39. The maximum absolute atomic E-state index is 12.4. The van der Waals surface area contributed by atoms with Gasteiger partial charge < -0.3 is 15.2 Å². The molecule has 1 heterocycles. The van der Waals surface area contributed by atoms with Gasteiger partial charge in [0, 0.05) is 11.5 Å². The van der Waals surface area contributed by atoms with E-state index in [9.17, 15) is 14.7 Å². The Balaban J connectivity index is 2.28. The van der Waals surface area contributed by atoms with Gasteiger partial charge >= 0.3 is 5.97 Å². The van der Waals surface area contributed by atoms with E-state index < -0.39 is 17.9 Å². The normalized spacial score (nSPS) is 21.6. The van der Waals surface area contributed by atoms with Crippen LogP contribution in [0, 0.1) is 5.92 Å². The van der Waals surface area contributed by atoms with E-state index in [1.807, 2.05) is 19.9 Å². The molecule has 3 atom stereocenters. The van der Waals surface area contributed by atoms with Gasteiger partial charge in [-0.1, -0.05) is 32.9 Å². The molecule has 1 aliphatic heterocycles. The third-order valence-electron chi connectivity index (χ3n) is 4.01. The van der Waals surface area contributed by atoms with E-state index in [1.165, 1.54) is 0 Å². The van der Waals surface area contributed by atoms with Crippen LogP contribution in [0.4, 0.5) is 0 Å². The molecule has 0 aromatic heterocycles. The number of carbonyl (C=O) groups excluding carboxylic acids is 1. The highest BCUT2D eigenvalue weighted by molar-refractivity contribution is 5.99. The van der Waals surface area contributed by atoms with E-state index >= 15 is 0 Å². The quantitative estimate of drug-likeness (QED) is 0.893. The lowest BCUT2D eigenvalue weighted by Gasteiger charge is -2.18. The summed E-state index contributed by atoms with van der Waals surface area (Å²) in [7, 11) is 0. The van der Waals surface area contributed by atoms with E-state index in [-0.39, 0.29) is 17.9 Å². The van der Waals surface area contributed by atoms with Gasteiger partial charge in [-0.3, -0.25) is 4.79 Å². The first-order valence-corrected chi connectivity index (χ1v) is 7.16. The minimum Gasteiger partial charge on any atom is -0.489 e. The van der Waals surface area contributed by atoms with Crippen LogP contribution in [0.5, 0.6) is 5.75 Å². The molecule has 1 amide bonds. The molecule has 1 aromatic carbocycles. The molecule has 5 nitrogen and oxygen atoms in total. The van der Waals surface area contributed by atoms with Crippen LogP contribution in [-0.2, 0) is 4.79 Å². The number of para-hydroxylation sites is 1. The van der Waals surface area contributed by atoms with Crippen molar-refractivity contribution in [1.29, 1.82) is 0 Å². The summed E-state index contributed by atoms with van der Waals surface area (Å²) in [6.07, 6.45) is 0.00863. The highest BCUT2D eigenvalue weighted by atomic mass is 16.5. The Bertz CT molecular complexity index is 567. The second-order valence-corrected chi connectivity index (χ2v) is 5.87. The lowest BCUT2D eigenvalue weighted by Crippen LogP contribution is -2.44. The number of carbonyl (C=O) groups is 2. The van der Waals surface area contributed by atoms with Gasteiger partial charge in [-0.2, -0.15) is 0 Å². The molecule has 0 fully saturated rings. The molecule has 1 aromatic rings. The zero-order valence-electron chi connectivity index (χ0n) is 12.7. The lowest BCUT2D eigenvalue weighted by atomic mass is 9.96. The molecular weight excluding hydrogens is 270 g/mol. The number of hydrogen-bond donors (Lipinski definition) is 2. The number of aliphatic carboxylic acids is 1. The predicted octanol–water partition coefficient (Wildman–Crippen LogP) is 2.41. The molecule has 2 N–H and O–H groups in total. The van der Waals surface area contributed by atoms with Gasteiger partial charge in [0.2, 0.25) is 0 Å². The third kappa shape index (κ3) is 2.86. The first kappa shape index (κ1) is 15.4. The number of benzene rings is 1. The van der Waals surface area contributed by atoms with Gasteiger partial charge in [0.25, 0.3) is 5.91 Å². The first-order valence-electron chi connectivity index (χ1n) is 7.16. The highest BCUT2D eigenvalue weighted by Crippen LogP contribution is 2.40. The number of hydrogen-bond acceptors (Lipinski definition) is 3. The van der Waals surface area contributed by atoms with Gasteiger partial charge in [-0.25, -0.2) is 4.79 Å². The van der Waals surface area contributed by atoms with E-state index in [4.69, 9.17) is 4.74 Å². The average molecular weight is 291 g/mol. The Morgan fingerprint density at radius 2 is 1.95 bits per heavy atom. The summed E-state index contributed by atoms with van der Waals surface area (Å²) in [5, 5.41) is 11.7. The summed E-state index contributed by atoms with van der Waals surface area (Å²) in [6, 6.07) is 4.50. The fraction of sp³-hybridized carbons (Fsp3) is 0.500. The first-order chi connectivity index (χ1) is 9.82.